The third-order valence-electron chi connectivity index (χ3n) is 4.15. The Balaban J connectivity index is 2.39. The first kappa shape index (κ1) is 19.8. The molecule has 2 aromatic rings. The van der Waals surface area contributed by atoms with Crippen LogP contribution in [0, 0.1) is 12.8 Å². The Morgan fingerprint density at radius 2 is 2.00 bits per heavy atom. The quantitative estimate of drug-likeness (QED) is 0.745. The lowest BCUT2D eigenvalue weighted by Gasteiger charge is -2.18. The van der Waals surface area contributed by atoms with Gasteiger partial charge in [-0.05, 0) is 24.5 Å². The van der Waals surface area contributed by atoms with Gasteiger partial charge in [-0.2, -0.15) is 0 Å². The van der Waals surface area contributed by atoms with E-state index in [1.54, 1.807) is 26.8 Å². The van der Waals surface area contributed by atoms with Crippen molar-refractivity contribution >= 4 is 34.4 Å². The first-order valence-electron chi connectivity index (χ1n) is 7.97. The first-order valence-corrected chi connectivity index (χ1v) is 8.35. The summed E-state index contributed by atoms with van der Waals surface area (Å²) in [5, 5.41) is 12.5. The molecule has 0 saturated carbocycles. The maximum Gasteiger partial charge on any atom is 0.340 e. The van der Waals surface area contributed by atoms with Gasteiger partial charge >= 0.3 is 11.6 Å². The summed E-state index contributed by atoms with van der Waals surface area (Å²) in [4.78, 5) is 35.7. The highest BCUT2D eigenvalue weighted by Gasteiger charge is 2.24. The molecule has 140 valence electrons. The maximum absolute atomic E-state index is 12.3. The summed E-state index contributed by atoms with van der Waals surface area (Å²) in [6.45, 7) is 5.05. The molecule has 0 spiro atoms. The summed E-state index contributed by atoms with van der Waals surface area (Å²) in [5.41, 5.74) is 0.339. The van der Waals surface area contributed by atoms with Crippen LogP contribution in [0.25, 0.3) is 11.0 Å². The van der Waals surface area contributed by atoms with Crippen molar-refractivity contribution in [1.82, 2.24) is 5.32 Å². The van der Waals surface area contributed by atoms with Crippen LogP contribution in [0.1, 0.15) is 25.0 Å². The van der Waals surface area contributed by atoms with E-state index in [4.69, 9.17) is 25.9 Å². The number of carbonyl (C=O) groups is 2. The number of fused-ring (bicyclic) bond motifs is 1. The fourth-order valence-electron chi connectivity index (χ4n) is 2.65. The van der Waals surface area contributed by atoms with Crippen LogP contribution in [0.4, 0.5) is 0 Å². The van der Waals surface area contributed by atoms with Crippen LogP contribution in [-0.2, 0) is 16.0 Å². The van der Waals surface area contributed by atoms with Crippen LogP contribution in [0.15, 0.2) is 21.3 Å². The number of carboxylic acids is 1. The number of aryl methyl sites for hydroxylation is 1. The van der Waals surface area contributed by atoms with Crippen LogP contribution in [0.5, 0.6) is 5.75 Å². The Bertz CT molecular complexity index is 918. The molecule has 0 aliphatic rings. The number of carboxylic acid groups (broad SMARTS) is 1. The van der Waals surface area contributed by atoms with E-state index in [1.807, 2.05) is 0 Å². The number of hydrogen-bond acceptors (Lipinski definition) is 5. The Labute approximate surface area is 154 Å². The standard InChI is InChI=1S/C18H20ClNO6/c1-8(2)16(17(22)23)20-15(21)6-11-9(3)10-5-12(19)14(25-4)7-13(10)26-18(11)24/h5,7-8,16H,6H2,1-4H3,(H,20,21)(H,22,23). The Morgan fingerprint density at radius 1 is 1.35 bits per heavy atom. The second-order valence-electron chi connectivity index (χ2n) is 6.28. The topological polar surface area (TPSA) is 106 Å². The first-order chi connectivity index (χ1) is 12.1. The minimum absolute atomic E-state index is 0.157. The summed E-state index contributed by atoms with van der Waals surface area (Å²) in [7, 11) is 1.45. The lowest BCUT2D eigenvalue weighted by Crippen LogP contribution is -2.45. The predicted molar refractivity (Wildman–Crippen MR) is 96.9 cm³/mol. The van der Waals surface area contributed by atoms with Gasteiger partial charge in [0, 0.05) is 11.5 Å². The number of benzene rings is 1. The lowest BCUT2D eigenvalue weighted by atomic mass is 10.0. The van der Waals surface area contributed by atoms with Gasteiger partial charge in [0.25, 0.3) is 0 Å². The number of carbonyl (C=O) groups excluding carboxylic acids is 1. The van der Waals surface area contributed by atoms with Crippen molar-refractivity contribution in [3.8, 4) is 5.75 Å². The molecule has 7 nitrogen and oxygen atoms in total. The zero-order valence-electron chi connectivity index (χ0n) is 14.9. The molecule has 0 saturated heterocycles. The minimum Gasteiger partial charge on any atom is -0.495 e. The van der Waals surface area contributed by atoms with Crippen molar-refractivity contribution < 1.29 is 23.8 Å². The normalized spacial score (nSPS) is 12.2. The summed E-state index contributed by atoms with van der Waals surface area (Å²) < 4.78 is 10.4. The van der Waals surface area contributed by atoms with Gasteiger partial charge < -0.3 is 19.6 Å². The number of halogens is 1. The summed E-state index contributed by atoms with van der Waals surface area (Å²) in [6.07, 6.45) is -0.287. The Morgan fingerprint density at radius 3 is 2.54 bits per heavy atom. The molecule has 1 aromatic heterocycles. The molecule has 26 heavy (non-hydrogen) atoms. The SMILES string of the molecule is COc1cc2oc(=O)c(CC(=O)NC(C(=O)O)C(C)C)c(C)c2cc1Cl. The molecule has 0 bridgehead atoms. The monoisotopic (exact) mass is 381 g/mol. The average molecular weight is 382 g/mol. The second-order valence-corrected chi connectivity index (χ2v) is 6.69. The molecular formula is C18H20ClNO6. The van der Waals surface area contributed by atoms with Gasteiger partial charge in [-0.15, -0.1) is 0 Å². The lowest BCUT2D eigenvalue weighted by molar-refractivity contribution is -0.143. The van der Waals surface area contributed by atoms with Crippen LogP contribution < -0.4 is 15.7 Å². The van der Waals surface area contributed by atoms with Gasteiger partial charge in [0.2, 0.25) is 5.91 Å². The smallest absolute Gasteiger partial charge is 0.340 e. The van der Waals surface area contributed by atoms with E-state index < -0.39 is 23.5 Å². The van der Waals surface area contributed by atoms with Crippen molar-refractivity contribution in [1.29, 1.82) is 0 Å². The van der Waals surface area contributed by atoms with Crippen LogP contribution >= 0.6 is 11.6 Å². The minimum atomic E-state index is -1.13. The van der Waals surface area contributed by atoms with E-state index in [2.05, 4.69) is 5.32 Å². The molecule has 1 heterocycles. The van der Waals surface area contributed by atoms with Gasteiger partial charge in [0.1, 0.15) is 17.4 Å². The number of rotatable bonds is 6. The second kappa shape index (κ2) is 7.78. The number of hydrogen-bond donors (Lipinski definition) is 2. The Hall–Kier alpha value is -2.54. The van der Waals surface area contributed by atoms with Crippen LogP contribution in [0.2, 0.25) is 5.02 Å². The van der Waals surface area contributed by atoms with Gasteiger partial charge in [-0.25, -0.2) is 9.59 Å². The molecule has 0 aliphatic carbocycles. The van der Waals surface area contributed by atoms with Gasteiger partial charge in [0.05, 0.1) is 24.1 Å². The van der Waals surface area contributed by atoms with Crippen LogP contribution in [-0.4, -0.2) is 30.1 Å². The van der Waals surface area contributed by atoms with E-state index in [9.17, 15) is 14.4 Å². The molecular weight excluding hydrogens is 362 g/mol. The third-order valence-corrected chi connectivity index (χ3v) is 4.44. The number of aliphatic carboxylic acids is 1. The van der Waals surface area contributed by atoms with Crippen molar-refractivity contribution in [2.75, 3.05) is 7.11 Å². The highest BCUT2D eigenvalue weighted by Crippen LogP contribution is 2.31. The van der Waals surface area contributed by atoms with Crippen molar-refractivity contribution in [3.05, 3.63) is 38.7 Å². The van der Waals surface area contributed by atoms with Gasteiger partial charge in [0.15, 0.2) is 0 Å². The van der Waals surface area contributed by atoms with Gasteiger partial charge in [-0.3, -0.25) is 4.79 Å². The molecule has 2 rings (SSSR count). The third kappa shape index (κ3) is 3.99. The molecule has 0 fully saturated rings. The zero-order chi connectivity index (χ0) is 19.6. The van der Waals surface area contributed by atoms with Crippen molar-refractivity contribution in [2.45, 2.75) is 33.2 Å². The molecule has 0 aliphatic heterocycles. The molecule has 1 unspecified atom stereocenters. The number of amides is 1. The number of methoxy groups -OCH3 is 1. The molecule has 2 N–H and O–H groups in total. The highest BCUT2D eigenvalue weighted by molar-refractivity contribution is 6.32. The summed E-state index contributed by atoms with van der Waals surface area (Å²) in [6, 6.07) is 2.08. The zero-order valence-corrected chi connectivity index (χ0v) is 15.6. The fourth-order valence-corrected chi connectivity index (χ4v) is 2.89. The van der Waals surface area contributed by atoms with E-state index in [0.717, 1.165) is 0 Å². The predicted octanol–water partition coefficient (Wildman–Crippen LogP) is 2.53. The van der Waals surface area contributed by atoms with E-state index in [0.29, 0.717) is 27.3 Å². The molecule has 1 aromatic carbocycles. The number of ether oxygens (including phenoxy) is 1. The number of nitrogens with one attached hydrogen (secondary N) is 1. The highest BCUT2D eigenvalue weighted by atomic mass is 35.5. The largest absolute Gasteiger partial charge is 0.495 e. The van der Waals surface area contributed by atoms with Crippen molar-refractivity contribution in [2.24, 2.45) is 5.92 Å². The van der Waals surface area contributed by atoms with Crippen LogP contribution in [0.3, 0.4) is 0 Å². The van der Waals surface area contributed by atoms with E-state index in [1.165, 1.54) is 13.2 Å². The average Bonchev–Trinajstić information content (AvgIpc) is 2.56. The van der Waals surface area contributed by atoms with Gasteiger partial charge in [-0.1, -0.05) is 25.4 Å². The molecule has 1 atom stereocenters. The van der Waals surface area contributed by atoms with Crippen molar-refractivity contribution in [3.63, 3.8) is 0 Å². The van der Waals surface area contributed by atoms with E-state index >= 15 is 0 Å². The fraction of sp³-hybridized carbons (Fsp3) is 0.389. The maximum atomic E-state index is 12.3. The van der Waals surface area contributed by atoms with E-state index in [-0.39, 0.29) is 17.9 Å². The molecule has 0 radical (unpaired) electrons. The summed E-state index contributed by atoms with van der Waals surface area (Å²) >= 11 is 6.12. The Kier molecular flexibility index (Phi) is 5.92. The molecule has 1 amide bonds. The summed E-state index contributed by atoms with van der Waals surface area (Å²) in [5.74, 6) is -1.62. The molecule has 8 heteroatoms.